The fraction of sp³-hybridized carbons (Fsp3) is 0.750. The number of carboxylic acids is 1. The molecule has 0 aliphatic rings. The smallest absolute Gasteiger partial charge is 0.303 e. The first-order valence-corrected chi connectivity index (χ1v) is 2.10. The van der Waals surface area contributed by atoms with Crippen LogP contribution in [0.4, 0.5) is 0 Å². The Kier molecular flexibility index (Phi) is 10.9. The number of carboxylic acid groups (broad SMARTS) is 1. The van der Waals surface area contributed by atoms with Gasteiger partial charge in [0.2, 0.25) is 0 Å². The molecule has 0 saturated heterocycles. The molecule has 0 saturated carbocycles. The summed E-state index contributed by atoms with van der Waals surface area (Å²) in [6.45, 7) is -0.0354. The van der Waals surface area contributed by atoms with E-state index in [-0.39, 0.29) is 48.6 Å². The van der Waals surface area contributed by atoms with E-state index < -0.39 is 5.97 Å². The molecule has 2 N–H and O–H groups in total. The predicted octanol–water partition coefficient (Wildman–Crippen LogP) is -0.157. The maximum Gasteiger partial charge on any atom is 0.303 e. The van der Waals surface area contributed by atoms with Crippen molar-refractivity contribution in [3.05, 3.63) is 0 Å². The summed E-state index contributed by atoms with van der Waals surface area (Å²) < 4.78 is 0. The van der Waals surface area contributed by atoms with E-state index in [2.05, 4.69) is 0 Å². The largest absolute Gasteiger partial charge is 0.481 e. The third kappa shape index (κ3) is 9.80. The van der Waals surface area contributed by atoms with Gasteiger partial charge in [-0.25, -0.2) is 0 Å². The number of rotatable bonds is 3. The van der Waals surface area contributed by atoms with Crippen LogP contribution in [0.15, 0.2) is 0 Å². The topological polar surface area (TPSA) is 57.5 Å². The molecule has 8 heavy (non-hydrogen) atoms. The van der Waals surface area contributed by atoms with Crippen molar-refractivity contribution in [1.29, 1.82) is 0 Å². The summed E-state index contributed by atoms with van der Waals surface area (Å²) in [6.07, 6.45) is 0.422. The molecule has 0 aliphatic heterocycles. The molecule has 0 aliphatic carbocycles. The Balaban J connectivity index is 0. The first kappa shape index (κ1) is 11.4. The number of hydrogen-bond donors (Lipinski definition) is 2. The molecule has 0 atom stereocenters. The monoisotopic (exact) mass is 243 g/mol. The normalized spacial score (nSPS) is 7.62. The van der Waals surface area contributed by atoms with Gasteiger partial charge in [-0.2, -0.15) is 0 Å². The van der Waals surface area contributed by atoms with Crippen LogP contribution < -0.4 is 0 Å². The zero-order valence-electron chi connectivity index (χ0n) is 4.50. The van der Waals surface area contributed by atoms with Gasteiger partial charge in [0.1, 0.15) is 0 Å². The molecule has 0 spiro atoms. The maximum atomic E-state index is 9.65. The van der Waals surface area contributed by atoms with Crippen molar-refractivity contribution in [2.45, 2.75) is 12.8 Å². The second-order valence-corrected chi connectivity index (χ2v) is 1.22. The van der Waals surface area contributed by atoms with Crippen molar-refractivity contribution in [3.63, 3.8) is 0 Å². The molecule has 45 valence electrons. The summed E-state index contributed by atoms with van der Waals surface area (Å²) in [6, 6.07) is 0. The standard InChI is InChI=1S/C4H8O3.La/c5-3-1-2-4(6)7;/h5H,1-3H2,(H,6,7);. The Morgan fingerprint density at radius 1 is 1.50 bits per heavy atom. The summed E-state index contributed by atoms with van der Waals surface area (Å²) >= 11 is 0. The van der Waals surface area contributed by atoms with Gasteiger partial charge < -0.3 is 10.2 Å². The Morgan fingerprint density at radius 3 is 2.12 bits per heavy atom. The summed E-state index contributed by atoms with van der Waals surface area (Å²) in [4.78, 5) is 9.65. The van der Waals surface area contributed by atoms with Gasteiger partial charge in [-0.3, -0.25) is 4.79 Å². The number of aliphatic hydroxyl groups excluding tert-OH is 1. The Labute approximate surface area is 75.7 Å². The van der Waals surface area contributed by atoms with Crippen LogP contribution >= 0.6 is 0 Å². The van der Waals surface area contributed by atoms with Gasteiger partial charge in [-0.15, -0.1) is 0 Å². The van der Waals surface area contributed by atoms with Gasteiger partial charge in [0.15, 0.2) is 0 Å². The molecule has 0 heterocycles. The van der Waals surface area contributed by atoms with Crippen molar-refractivity contribution < 1.29 is 50.6 Å². The van der Waals surface area contributed by atoms with Crippen LogP contribution in [-0.2, 0) is 4.79 Å². The van der Waals surface area contributed by atoms with E-state index in [1.54, 1.807) is 0 Å². The summed E-state index contributed by atoms with van der Waals surface area (Å²) in [7, 11) is 0. The molecule has 0 amide bonds. The van der Waals surface area contributed by atoms with Gasteiger partial charge in [0.25, 0.3) is 0 Å². The van der Waals surface area contributed by atoms with Crippen molar-refractivity contribution in [2.75, 3.05) is 6.61 Å². The van der Waals surface area contributed by atoms with E-state index in [0.29, 0.717) is 6.42 Å². The molecule has 0 bridgehead atoms. The minimum Gasteiger partial charge on any atom is -0.481 e. The minimum absolute atomic E-state index is 0. The minimum atomic E-state index is -0.853. The number of aliphatic carboxylic acids is 1. The molecule has 1 radical (unpaired) electrons. The van der Waals surface area contributed by atoms with Crippen LogP contribution in [0.25, 0.3) is 0 Å². The molecular formula is C4H8LaO3. The molecule has 0 unspecified atom stereocenters. The van der Waals surface area contributed by atoms with E-state index in [1.807, 2.05) is 0 Å². The molecule has 0 aromatic heterocycles. The van der Waals surface area contributed by atoms with Gasteiger partial charge in [0.05, 0.1) is 0 Å². The number of aliphatic hydroxyl groups is 1. The Morgan fingerprint density at radius 2 is 2.00 bits per heavy atom. The zero-order chi connectivity index (χ0) is 5.70. The molecule has 0 rings (SSSR count). The SMILES string of the molecule is O=C(O)CCCO.[La]. The van der Waals surface area contributed by atoms with E-state index in [9.17, 15) is 4.79 Å². The maximum absolute atomic E-state index is 9.65. The van der Waals surface area contributed by atoms with Gasteiger partial charge in [0, 0.05) is 48.6 Å². The van der Waals surface area contributed by atoms with Crippen LogP contribution in [-0.4, -0.2) is 22.8 Å². The quantitative estimate of drug-likeness (QED) is 0.724. The van der Waals surface area contributed by atoms with Crippen LogP contribution in [0.3, 0.4) is 0 Å². The van der Waals surface area contributed by atoms with Crippen molar-refractivity contribution in [1.82, 2.24) is 0 Å². The first-order chi connectivity index (χ1) is 3.27. The molecule has 0 fully saturated rings. The third-order valence-electron chi connectivity index (χ3n) is 0.549. The van der Waals surface area contributed by atoms with Crippen LogP contribution in [0.5, 0.6) is 0 Å². The van der Waals surface area contributed by atoms with E-state index in [1.165, 1.54) is 0 Å². The Bertz CT molecular complexity index is 64.3. The van der Waals surface area contributed by atoms with Crippen LogP contribution in [0, 0.1) is 35.6 Å². The van der Waals surface area contributed by atoms with Crippen molar-refractivity contribution in [2.24, 2.45) is 0 Å². The van der Waals surface area contributed by atoms with E-state index in [0.717, 1.165) is 0 Å². The van der Waals surface area contributed by atoms with Crippen LogP contribution in [0.2, 0.25) is 0 Å². The molecule has 0 aromatic carbocycles. The fourth-order valence-corrected chi connectivity index (χ4v) is 0.230. The Hall–Kier alpha value is 0.625. The number of carbonyl (C=O) groups is 1. The zero-order valence-corrected chi connectivity index (χ0v) is 8.13. The molecule has 0 aromatic rings. The molecular weight excluding hydrogens is 235 g/mol. The fourth-order valence-electron chi connectivity index (χ4n) is 0.230. The number of hydrogen-bond acceptors (Lipinski definition) is 2. The second-order valence-electron chi connectivity index (χ2n) is 1.22. The predicted molar refractivity (Wildman–Crippen MR) is 24.0 cm³/mol. The van der Waals surface area contributed by atoms with Gasteiger partial charge >= 0.3 is 5.97 Å². The summed E-state index contributed by atoms with van der Waals surface area (Å²) in [5.74, 6) is -0.853. The first-order valence-electron chi connectivity index (χ1n) is 2.10. The average molecular weight is 243 g/mol. The summed E-state index contributed by atoms with van der Waals surface area (Å²) in [5.41, 5.74) is 0. The molecule has 4 heteroatoms. The van der Waals surface area contributed by atoms with Gasteiger partial charge in [-0.05, 0) is 6.42 Å². The van der Waals surface area contributed by atoms with Gasteiger partial charge in [-0.1, -0.05) is 0 Å². The third-order valence-corrected chi connectivity index (χ3v) is 0.549. The van der Waals surface area contributed by atoms with E-state index >= 15 is 0 Å². The van der Waals surface area contributed by atoms with Crippen LogP contribution in [0.1, 0.15) is 12.8 Å². The second kappa shape index (κ2) is 7.62. The van der Waals surface area contributed by atoms with Crippen molar-refractivity contribution >= 4 is 5.97 Å². The summed E-state index contributed by atoms with van der Waals surface area (Å²) in [5, 5.41) is 16.0. The van der Waals surface area contributed by atoms with E-state index in [4.69, 9.17) is 10.2 Å². The molecule has 3 nitrogen and oxygen atoms in total. The van der Waals surface area contributed by atoms with Crippen molar-refractivity contribution in [3.8, 4) is 0 Å². The average Bonchev–Trinajstić information content (AvgIpc) is 1.61.